The van der Waals surface area contributed by atoms with E-state index in [1.807, 2.05) is 30.3 Å². The quantitative estimate of drug-likeness (QED) is 0.160. The Morgan fingerprint density at radius 2 is 1.58 bits per heavy atom. The lowest BCUT2D eigenvalue weighted by molar-refractivity contribution is -0.385. The predicted octanol–water partition coefficient (Wildman–Crippen LogP) is 6.08. The van der Waals surface area contributed by atoms with E-state index in [0.29, 0.717) is 22.5 Å². The second-order valence-corrected chi connectivity index (χ2v) is 8.11. The molecule has 5 rings (SSSR count). The Morgan fingerprint density at radius 3 is 2.36 bits per heavy atom. The first-order valence-corrected chi connectivity index (χ1v) is 11.2. The molecule has 0 saturated carbocycles. The summed E-state index contributed by atoms with van der Waals surface area (Å²) in [5.41, 5.74) is 1.92. The highest BCUT2D eigenvalue weighted by Crippen LogP contribution is 2.32. The molecular weight excluding hydrogens is 461 g/mol. The average molecular weight is 481 g/mol. The molecule has 1 heterocycles. The second-order valence-electron chi connectivity index (χ2n) is 8.11. The number of carbonyl (C=O) groups is 1. The van der Waals surface area contributed by atoms with Crippen LogP contribution in [-0.2, 0) is 11.3 Å². The number of rotatable bonds is 7. The Balaban J connectivity index is 1.65. The van der Waals surface area contributed by atoms with Crippen LogP contribution in [0.3, 0.4) is 0 Å². The van der Waals surface area contributed by atoms with Crippen LogP contribution in [0.5, 0.6) is 0 Å². The zero-order valence-corrected chi connectivity index (χ0v) is 19.0. The minimum atomic E-state index is -1.00. The standard InChI is InChI=1S/C28H20FN3O4/c29-22-14-6-4-12-20(22)18-31-25-17-9-7-15-23(25)30-27(31)26(19-10-2-1-3-11-19)36-28(33)21-13-5-8-16-24(21)32(34)35/h1-17,26H,18H2/t26-/m0/s1. The molecule has 0 aliphatic rings. The summed E-state index contributed by atoms with van der Waals surface area (Å²) in [6.07, 6.45) is -1.00. The third kappa shape index (κ3) is 4.44. The molecule has 5 aromatic rings. The van der Waals surface area contributed by atoms with Gasteiger partial charge in [0.25, 0.3) is 5.69 Å². The highest BCUT2D eigenvalue weighted by Gasteiger charge is 2.29. The molecule has 0 saturated heterocycles. The number of hydrogen-bond donors (Lipinski definition) is 0. The fourth-order valence-electron chi connectivity index (χ4n) is 4.13. The summed E-state index contributed by atoms with van der Waals surface area (Å²) >= 11 is 0. The van der Waals surface area contributed by atoms with Crippen LogP contribution in [0.15, 0.2) is 103 Å². The van der Waals surface area contributed by atoms with Crippen molar-refractivity contribution in [3.05, 3.63) is 142 Å². The van der Waals surface area contributed by atoms with E-state index < -0.39 is 17.0 Å². The molecule has 1 atom stereocenters. The van der Waals surface area contributed by atoms with Gasteiger partial charge in [-0.05, 0) is 24.3 Å². The van der Waals surface area contributed by atoms with Gasteiger partial charge in [0, 0.05) is 17.2 Å². The number of para-hydroxylation sites is 3. The predicted molar refractivity (Wildman–Crippen MR) is 132 cm³/mol. The van der Waals surface area contributed by atoms with Crippen molar-refractivity contribution in [1.29, 1.82) is 0 Å². The summed E-state index contributed by atoms with van der Waals surface area (Å²) in [5.74, 6) is -0.854. The summed E-state index contributed by atoms with van der Waals surface area (Å²) in [7, 11) is 0. The molecular formula is C28H20FN3O4. The lowest BCUT2D eigenvalue weighted by Crippen LogP contribution is -2.19. The van der Waals surface area contributed by atoms with E-state index in [9.17, 15) is 19.3 Å². The van der Waals surface area contributed by atoms with Gasteiger partial charge in [0.05, 0.1) is 22.5 Å². The van der Waals surface area contributed by atoms with Gasteiger partial charge in [0.1, 0.15) is 11.4 Å². The highest BCUT2D eigenvalue weighted by molar-refractivity contribution is 5.94. The highest BCUT2D eigenvalue weighted by atomic mass is 19.1. The van der Waals surface area contributed by atoms with Gasteiger partial charge < -0.3 is 9.30 Å². The lowest BCUT2D eigenvalue weighted by Gasteiger charge is -2.20. The van der Waals surface area contributed by atoms with Gasteiger partial charge in [0.15, 0.2) is 11.9 Å². The Kier molecular flexibility index (Phi) is 6.23. The number of nitrogens with zero attached hydrogens (tertiary/aromatic N) is 3. The molecule has 8 heteroatoms. The fourth-order valence-corrected chi connectivity index (χ4v) is 4.13. The van der Waals surface area contributed by atoms with Crippen molar-refractivity contribution < 1.29 is 18.8 Å². The summed E-state index contributed by atoms with van der Waals surface area (Å²) < 4.78 is 22.3. The van der Waals surface area contributed by atoms with Crippen LogP contribution < -0.4 is 0 Å². The Bertz CT molecular complexity index is 1570. The molecule has 1 aromatic heterocycles. The van der Waals surface area contributed by atoms with Crippen LogP contribution in [0.1, 0.15) is 33.4 Å². The number of benzene rings is 4. The number of esters is 1. The van der Waals surface area contributed by atoms with Crippen LogP contribution in [0, 0.1) is 15.9 Å². The van der Waals surface area contributed by atoms with Gasteiger partial charge >= 0.3 is 5.97 Å². The van der Waals surface area contributed by atoms with Crippen LogP contribution in [0.25, 0.3) is 11.0 Å². The molecule has 0 bridgehead atoms. The van der Waals surface area contributed by atoms with Crippen LogP contribution >= 0.6 is 0 Å². The monoisotopic (exact) mass is 481 g/mol. The van der Waals surface area contributed by atoms with E-state index in [1.165, 1.54) is 30.3 Å². The number of imidazole rings is 1. The van der Waals surface area contributed by atoms with Gasteiger partial charge in [-0.2, -0.15) is 0 Å². The first-order valence-electron chi connectivity index (χ1n) is 11.2. The number of hydrogen-bond acceptors (Lipinski definition) is 5. The molecule has 178 valence electrons. The van der Waals surface area contributed by atoms with Crippen molar-refractivity contribution in [2.75, 3.05) is 0 Å². The van der Waals surface area contributed by atoms with Crippen molar-refractivity contribution in [1.82, 2.24) is 9.55 Å². The third-order valence-corrected chi connectivity index (χ3v) is 5.85. The minimum Gasteiger partial charge on any atom is -0.445 e. The minimum absolute atomic E-state index is 0.148. The SMILES string of the molecule is O=C(O[C@@H](c1ccccc1)c1nc2ccccc2n1Cc1ccccc1F)c1ccccc1[N+](=O)[O-]. The molecule has 7 nitrogen and oxygen atoms in total. The number of fused-ring (bicyclic) bond motifs is 1. The third-order valence-electron chi connectivity index (χ3n) is 5.85. The van der Waals surface area contributed by atoms with Crippen molar-refractivity contribution in [3.63, 3.8) is 0 Å². The number of carbonyl (C=O) groups excluding carboxylic acids is 1. The molecule has 0 N–H and O–H groups in total. The lowest BCUT2D eigenvalue weighted by atomic mass is 10.1. The Labute approximate surface area is 205 Å². The van der Waals surface area contributed by atoms with Crippen molar-refractivity contribution in [3.8, 4) is 0 Å². The number of nitro groups is 1. The van der Waals surface area contributed by atoms with Gasteiger partial charge in [-0.3, -0.25) is 10.1 Å². The number of nitro benzene ring substituents is 1. The normalized spacial score (nSPS) is 11.8. The van der Waals surface area contributed by atoms with E-state index in [4.69, 9.17) is 9.72 Å². The van der Waals surface area contributed by atoms with E-state index in [-0.39, 0.29) is 23.6 Å². The van der Waals surface area contributed by atoms with Crippen LogP contribution in [0.4, 0.5) is 10.1 Å². The number of halogens is 1. The van der Waals surface area contributed by atoms with E-state index in [0.717, 1.165) is 5.52 Å². The molecule has 0 radical (unpaired) electrons. The van der Waals surface area contributed by atoms with Gasteiger partial charge in [-0.1, -0.05) is 72.8 Å². The van der Waals surface area contributed by atoms with Crippen molar-refractivity contribution >= 4 is 22.7 Å². The van der Waals surface area contributed by atoms with Gasteiger partial charge in [0.2, 0.25) is 0 Å². The Hall–Kier alpha value is -4.85. The van der Waals surface area contributed by atoms with Crippen molar-refractivity contribution in [2.24, 2.45) is 0 Å². The Morgan fingerprint density at radius 1 is 0.917 bits per heavy atom. The van der Waals surface area contributed by atoms with Crippen molar-refractivity contribution in [2.45, 2.75) is 12.6 Å². The van der Waals surface area contributed by atoms with E-state index >= 15 is 0 Å². The number of aromatic nitrogens is 2. The smallest absolute Gasteiger partial charge is 0.346 e. The molecule has 0 unspecified atom stereocenters. The zero-order chi connectivity index (χ0) is 25.1. The largest absolute Gasteiger partial charge is 0.445 e. The molecule has 36 heavy (non-hydrogen) atoms. The summed E-state index contributed by atoms with van der Waals surface area (Å²) in [4.78, 5) is 28.9. The van der Waals surface area contributed by atoms with Crippen LogP contribution in [-0.4, -0.2) is 20.4 Å². The van der Waals surface area contributed by atoms with Crippen LogP contribution in [0.2, 0.25) is 0 Å². The molecule has 0 spiro atoms. The summed E-state index contributed by atoms with van der Waals surface area (Å²) in [6, 6.07) is 28.4. The maximum atomic E-state index is 14.6. The second kappa shape index (κ2) is 9.79. The van der Waals surface area contributed by atoms with E-state index in [2.05, 4.69) is 0 Å². The zero-order valence-electron chi connectivity index (χ0n) is 19.0. The molecule has 4 aromatic carbocycles. The van der Waals surface area contributed by atoms with Gasteiger partial charge in [-0.15, -0.1) is 0 Å². The summed E-state index contributed by atoms with van der Waals surface area (Å²) in [5, 5.41) is 11.5. The maximum absolute atomic E-state index is 14.6. The van der Waals surface area contributed by atoms with E-state index in [1.54, 1.807) is 47.0 Å². The molecule has 0 aliphatic heterocycles. The molecule has 0 amide bonds. The molecule has 0 fully saturated rings. The number of ether oxygens (including phenoxy) is 1. The summed E-state index contributed by atoms with van der Waals surface area (Å²) in [6.45, 7) is 0.148. The van der Waals surface area contributed by atoms with Gasteiger partial charge in [-0.25, -0.2) is 14.2 Å². The first kappa shape index (κ1) is 22.9. The molecule has 0 aliphatic carbocycles. The first-order chi connectivity index (χ1) is 17.5. The topological polar surface area (TPSA) is 87.3 Å². The maximum Gasteiger partial charge on any atom is 0.346 e. The average Bonchev–Trinajstić information content (AvgIpc) is 3.27. The fraction of sp³-hybridized carbons (Fsp3) is 0.0714.